The maximum atomic E-state index is 10.7. The molecule has 78 valence electrons. The van der Waals surface area contributed by atoms with Gasteiger partial charge in [0.1, 0.15) is 5.25 Å². The van der Waals surface area contributed by atoms with Gasteiger partial charge in [0.25, 0.3) is 0 Å². The van der Waals surface area contributed by atoms with Crippen LogP contribution in [-0.4, -0.2) is 16.3 Å². The molecule has 0 unspecified atom stereocenters. The Morgan fingerprint density at radius 3 is 2.87 bits per heavy atom. The molecule has 1 N–H and O–H groups in total. The summed E-state index contributed by atoms with van der Waals surface area (Å²) < 4.78 is 2.27. The van der Waals surface area contributed by atoms with Crippen molar-refractivity contribution >= 4 is 39.2 Å². The number of thiophene rings is 1. The van der Waals surface area contributed by atoms with Crippen molar-refractivity contribution in [1.82, 2.24) is 0 Å². The first-order chi connectivity index (χ1) is 7.16. The van der Waals surface area contributed by atoms with E-state index in [4.69, 9.17) is 5.11 Å². The van der Waals surface area contributed by atoms with Gasteiger partial charge in [-0.3, -0.25) is 4.79 Å². The Balaban J connectivity index is 2.26. The molecule has 15 heavy (non-hydrogen) atoms. The van der Waals surface area contributed by atoms with Crippen molar-refractivity contribution in [3.63, 3.8) is 0 Å². The van der Waals surface area contributed by atoms with Crippen LogP contribution in [0.2, 0.25) is 0 Å². The number of hydrogen-bond acceptors (Lipinski definition) is 3. The molecule has 0 aliphatic heterocycles. The molecular formula is C11H10O2S2. The van der Waals surface area contributed by atoms with Crippen molar-refractivity contribution in [2.45, 2.75) is 16.4 Å². The first kappa shape index (κ1) is 10.5. The largest absolute Gasteiger partial charge is 0.480 e. The summed E-state index contributed by atoms with van der Waals surface area (Å²) in [4.78, 5) is 10.7. The molecule has 1 aromatic heterocycles. The van der Waals surface area contributed by atoms with Crippen molar-refractivity contribution < 1.29 is 9.90 Å². The molecule has 2 rings (SSSR count). The van der Waals surface area contributed by atoms with Crippen molar-refractivity contribution in [2.24, 2.45) is 0 Å². The summed E-state index contributed by atoms with van der Waals surface area (Å²) in [6, 6.07) is 10.1. The summed E-state index contributed by atoms with van der Waals surface area (Å²) in [5, 5.41) is 9.59. The minimum absolute atomic E-state index is 0.391. The third kappa shape index (κ3) is 2.33. The summed E-state index contributed by atoms with van der Waals surface area (Å²) >= 11 is 3.04. The Morgan fingerprint density at radius 2 is 2.20 bits per heavy atom. The molecule has 0 fully saturated rings. The third-order valence-electron chi connectivity index (χ3n) is 2.04. The Hall–Kier alpha value is -1.00. The monoisotopic (exact) mass is 238 g/mol. The summed E-state index contributed by atoms with van der Waals surface area (Å²) in [6.07, 6.45) is 0. The second kappa shape index (κ2) is 4.24. The number of carbonyl (C=O) groups is 1. The highest BCUT2D eigenvalue weighted by Crippen LogP contribution is 2.34. The van der Waals surface area contributed by atoms with Gasteiger partial charge < -0.3 is 5.11 Å². The molecule has 0 bridgehead atoms. The first-order valence-corrected chi connectivity index (χ1v) is 6.24. The molecule has 4 heteroatoms. The highest BCUT2D eigenvalue weighted by Gasteiger charge is 2.13. The Morgan fingerprint density at radius 1 is 1.47 bits per heavy atom. The van der Waals surface area contributed by atoms with E-state index in [0.717, 1.165) is 4.21 Å². The van der Waals surface area contributed by atoms with E-state index >= 15 is 0 Å². The molecule has 0 spiro atoms. The van der Waals surface area contributed by atoms with Crippen molar-refractivity contribution in [3.8, 4) is 0 Å². The standard InChI is InChI=1S/C11H10O2S2/c1-7(11(12)13)14-10-6-8-4-2-3-5-9(8)15-10/h2-7H,1H3,(H,12,13)/t7-/m0/s1. The van der Waals surface area contributed by atoms with Gasteiger partial charge in [-0.05, 0) is 24.4 Å². The fourth-order valence-electron chi connectivity index (χ4n) is 1.24. The lowest BCUT2D eigenvalue weighted by molar-refractivity contribution is -0.136. The lowest BCUT2D eigenvalue weighted by Crippen LogP contribution is -2.10. The number of hydrogen-bond donors (Lipinski definition) is 1. The number of aliphatic carboxylic acids is 1. The van der Waals surface area contributed by atoms with Crippen LogP contribution >= 0.6 is 23.1 Å². The van der Waals surface area contributed by atoms with Crippen LogP contribution in [0.3, 0.4) is 0 Å². The van der Waals surface area contributed by atoms with Crippen LogP contribution < -0.4 is 0 Å². The van der Waals surface area contributed by atoms with Crippen LogP contribution in [-0.2, 0) is 4.79 Å². The molecule has 1 aromatic carbocycles. The number of rotatable bonds is 3. The average Bonchev–Trinajstić information content (AvgIpc) is 2.59. The van der Waals surface area contributed by atoms with E-state index in [-0.39, 0.29) is 0 Å². The van der Waals surface area contributed by atoms with Gasteiger partial charge in [-0.25, -0.2) is 0 Å². The molecule has 1 heterocycles. The number of carboxylic acid groups (broad SMARTS) is 1. The van der Waals surface area contributed by atoms with Crippen LogP contribution in [0.1, 0.15) is 6.92 Å². The van der Waals surface area contributed by atoms with Gasteiger partial charge in [0.2, 0.25) is 0 Å². The maximum absolute atomic E-state index is 10.7. The first-order valence-electron chi connectivity index (χ1n) is 4.55. The molecule has 1 atom stereocenters. The van der Waals surface area contributed by atoms with E-state index in [2.05, 4.69) is 6.07 Å². The summed E-state index contributed by atoms with van der Waals surface area (Å²) in [5.74, 6) is -0.766. The van der Waals surface area contributed by atoms with Gasteiger partial charge in [-0.1, -0.05) is 18.2 Å². The topological polar surface area (TPSA) is 37.3 Å². The second-order valence-electron chi connectivity index (χ2n) is 3.20. The normalized spacial score (nSPS) is 12.9. The second-order valence-corrected chi connectivity index (χ2v) is 5.93. The summed E-state index contributed by atoms with van der Waals surface area (Å²) in [7, 11) is 0. The number of benzene rings is 1. The van der Waals surface area contributed by atoms with Crippen molar-refractivity contribution in [1.29, 1.82) is 0 Å². The van der Waals surface area contributed by atoms with Crippen LogP contribution in [0.4, 0.5) is 0 Å². The number of thioether (sulfide) groups is 1. The van der Waals surface area contributed by atoms with E-state index in [1.165, 1.54) is 21.8 Å². The van der Waals surface area contributed by atoms with Gasteiger partial charge in [-0.2, -0.15) is 0 Å². The predicted molar refractivity (Wildman–Crippen MR) is 64.8 cm³/mol. The van der Waals surface area contributed by atoms with Gasteiger partial charge in [0, 0.05) is 4.70 Å². The average molecular weight is 238 g/mol. The van der Waals surface area contributed by atoms with Gasteiger partial charge >= 0.3 is 5.97 Å². The molecule has 2 nitrogen and oxygen atoms in total. The SMILES string of the molecule is C[C@H](Sc1cc2ccccc2s1)C(=O)O. The fraction of sp³-hybridized carbons (Fsp3) is 0.182. The molecule has 2 aromatic rings. The van der Waals surface area contributed by atoms with Crippen LogP contribution in [0.25, 0.3) is 10.1 Å². The zero-order chi connectivity index (χ0) is 10.8. The maximum Gasteiger partial charge on any atom is 0.316 e. The predicted octanol–water partition coefficient (Wildman–Crippen LogP) is 3.47. The minimum atomic E-state index is -0.766. The van der Waals surface area contributed by atoms with E-state index in [1.807, 2.05) is 24.3 Å². The molecular weight excluding hydrogens is 228 g/mol. The molecule has 0 aliphatic carbocycles. The molecule has 0 amide bonds. The quantitative estimate of drug-likeness (QED) is 0.832. The van der Waals surface area contributed by atoms with Gasteiger partial charge in [0.05, 0.1) is 4.21 Å². The molecule has 0 radical (unpaired) electrons. The highest BCUT2D eigenvalue weighted by atomic mass is 32.2. The Kier molecular flexibility index (Phi) is 2.98. The molecule has 0 saturated heterocycles. The smallest absolute Gasteiger partial charge is 0.316 e. The van der Waals surface area contributed by atoms with E-state index in [0.29, 0.717) is 0 Å². The van der Waals surface area contributed by atoms with Crippen LogP contribution in [0, 0.1) is 0 Å². The number of fused-ring (bicyclic) bond motifs is 1. The molecule has 0 aliphatic rings. The van der Waals surface area contributed by atoms with Crippen molar-refractivity contribution in [2.75, 3.05) is 0 Å². The zero-order valence-corrected chi connectivity index (χ0v) is 9.77. The highest BCUT2D eigenvalue weighted by molar-refractivity contribution is 8.02. The Labute approximate surface area is 95.9 Å². The third-order valence-corrected chi connectivity index (χ3v) is 4.40. The van der Waals surface area contributed by atoms with E-state index in [9.17, 15) is 4.79 Å². The lowest BCUT2D eigenvalue weighted by atomic mass is 10.3. The summed E-state index contributed by atoms with van der Waals surface area (Å²) in [6.45, 7) is 1.71. The zero-order valence-electron chi connectivity index (χ0n) is 8.14. The van der Waals surface area contributed by atoms with Gasteiger partial charge in [-0.15, -0.1) is 23.1 Å². The van der Waals surface area contributed by atoms with Gasteiger partial charge in [0.15, 0.2) is 0 Å². The van der Waals surface area contributed by atoms with Crippen molar-refractivity contribution in [3.05, 3.63) is 30.3 Å². The molecule has 0 saturated carbocycles. The lowest BCUT2D eigenvalue weighted by Gasteiger charge is -2.01. The van der Waals surface area contributed by atoms with E-state index < -0.39 is 11.2 Å². The van der Waals surface area contributed by atoms with E-state index in [1.54, 1.807) is 18.3 Å². The Bertz CT molecular complexity index is 457. The fourth-order valence-corrected chi connectivity index (χ4v) is 3.57. The van der Waals surface area contributed by atoms with Crippen LogP contribution in [0.15, 0.2) is 34.5 Å². The summed E-state index contributed by atoms with van der Waals surface area (Å²) in [5.41, 5.74) is 0. The minimum Gasteiger partial charge on any atom is -0.480 e. The van der Waals surface area contributed by atoms with Crippen LogP contribution in [0.5, 0.6) is 0 Å². The number of carboxylic acids is 1.